The first kappa shape index (κ1) is 42.1. The third-order valence-electron chi connectivity index (χ3n) is 8.62. The molecule has 2 amide bonds. The highest BCUT2D eigenvalue weighted by Gasteiger charge is 2.29. The van der Waals surface area contributed by atoms with Crippen LogP contribution in [0, 0.1) is 6.92 Å². The van der Waals surface area contributed by atoms with Crippen molar-refractivity contribution in [3.63, 3.8) is 0 Å². The van der Waals surface area contributed by atoms with Gasteiger partial charge in [-0.1, -0.05) is 148 Å². The van der Waals surface area contributed by atoms with Crippen molar-refractivity contribution in [2.24, 2.45) is 0 Å². The Labute approximate surface area is 285 Å². The summed E-state index contributed by atoms with van der Waals surface area (Å²) in [4.78, 5) is 38.9. The van der Waals surface area contributed by atoms with Crippen molar-refractivity contribution in [1.82, 2.24) is 10.0 Å². The quantitative estimate of drug-likeness (QED) is 0.0675. The summed E-state index contributed by atoms with van der Waals surface area (Å²) in [5.74, 6) is -0.563. The number of unbranched alkanes of at least 4 members (excludes halogenated alkanes) is 18. The summed E-state index contributed by atoms with van der Waals surface area (Å²) in [5.41, 5.74) is 0.262. The van der Waals surface area contributed by atoms with Gasteiger partial charge in [0.1, 0.15) is 0 Å². The largest absolute Gasteiger partial charge is 0.337 e. The second-order valence-corrected chi connectivity index (χ2v) is 14.8. The molecule has 0 atom stereocenters. The molecular weight excluding hydrogens is 620 g/mol. The molecule has 0 aromatic heterocycles. The zero-order chi connectivity index (χ0) is 34.2. The van der Waals surface area contributed by atoms with Gasteiger partial charge in [-0.25, -0.2) is 17.9 Å². The highest BCUT2D eigenvalue weighted by atomic mass is 35.5. The normalized spacial score (nSPS) is 11.5. The second kappa shape index (κ2) is 25.1. The molecule has 0 radical (unpaired) electrons. The predicted molar refractivity (Wildman–Crippen MR) is 192 cm³/mol. The third-order valence-corrected chi connectivity index (χ3v) is 10.5. The molecule has 0 aliphatic carbocycles. The molecule has 1 aromatic carbocycles. The van der Waals surface area contributed by atoms with Crippen molar-refractivity contribution in [1.29, 1.82) is 0 Å². The monoisotopic (exact) mass is 682 g/mol. The third kappa shape index (κ3) is 16.8. The van der Waals surface area contributed by atoms with E-state index in [2.05, 4.69) is 19.2 Å². The highest BCUT2D eigenvalue weighted by Crippen LogP contribution is 2.33. The minimum Gasteiger partial charge on any atom is -0.337 e. The van der Waals surface area contributed by atoms with Crippen molar-refractivity contribution in [3.05, 3.63) is 27.8 Å². The lowest BCUT2D eigenvalue weighted by atomic mass is 9.94. The number of carbonyl (C=O) groups is 3. The van der Waals surface area contributed by atoms with Gasteiger partial charge in [0.2, 0.25) is 0 Å². The number of Topliss-reactive ketones (excluding diaryl/α,β-unsaturated/α-hetero) is 2. The molecule has 0 bridgehead atoms. The molecule has 9 heteroatoms. The Bertz CT molecular complexity index is 1150. The van der Waals surface area contributed by atoms with Gasteiger partial charge in [-0.3, -0.25) is 9.59 Å². The van der Waals surface area contributed by atoms with E-state index in [1.165, 1.54) is 90.0 Å². The number of carbonyl (C=O) groups excluding carboxylic acids is 3. The van der Waals surface area contributed by atoms with Crippen LogP contribution in [0.3, 0.4) is 0 Å². The van der Waals surface area contributed by atoms with Crippen molar-refractivity contribution in [3.8, 4) is 0 Å². The van der Waals surface area contributed by atoms with Crippen LogP contribution in [0.1, 0.15) is 195 Å². The lowest BCUT2D eigenvalue weighted by molar-refractivity contribution is 0.0978. The maximum Gasteiger partial charge on any atom is 0.328 e. The zero-order valence-corrected chi connectivity index (χ0v) is 30.9. The first-order chi connectivity index (χ1) is 22.1. The van der Waals surface area contributed by atoms with Gasteiger partial charge in [-0.2, -0.15) is 0 Å². The molecule has 2 N–H and O–H groups in total. The van der Waals surface area contributed by atoms with Crippen molar-refractivity contribution in [2.45, 2.75) is 180 Å². The van der Waals surface area contributed by atoms with Crippen LogP contribution >= 0.6 is 11.6 Å². The van der Waals surface area contributed by atoms with Crippen LogP contribution in [0.5, 0.6) is 0 Å². The number of hydrogen-bond donors (Lipinski definition) is 2. The summed E-state index contributed by atoms with van der Waals surface area (Å²) >= 11 is 6.73. The molecule has 0 heterocycles. The molecule has 0 spiro atoms. The fourth-order valence-corrected chi connectivity index (χ4v) is 7.41. The molecule has 7 nitrogen and oxygen atoms in total. The number of sulfonamides is 1. The maximum absolute atomic E-state index is 13.5. The Kier molecular flexibility index (Phi) is 23.0. The number of benzene rings is 1. The Morgan fingerprint density at radius 1 is 0.630 bits per heavy atom. The van der Waals surface area contributed by atoms with E-state index in [1.54, 1.807) is 0 Å². The molecule has 0 aliphatic rings. The minimum absolute atomic E-state index is 0.0147. The van der Waals surface area contributed by atoms with Gasteiger partial charge in [0.05, 0.1) is 9.92 Å². The number of halogens is 1. The Balaban J connectivity index is 2.94. The average molecular weight is 683 g/mol. The predicted octanol–water partition coefficient (Wildman–Crippen LogP) is 11.0. The van der Waals surface area contributed by atoms with Gasteiger partial charge in [0.25, 0.3) is 10.0 Å². The molecule has 1 aromatic rings. The van der Waals surface area contributed by atoms with Crippen LogP contribution in [-0.2, 0) is 10.0 Å². The summed E-state index contributed by atoms with van der Waals surface area (Å²) in [6.07, 6.45) is 23.7. The number of ketones is 2. The van der Waals surface area contributed by atoms with E-state index in [1.807, 2.05) is 11.6 Å². The number of hydrogen-bond acceptors (Lipinski definition) is 5. The van der Waals surface area contributed by atoms with Gasteiger partial charge in [-0.05, 0) is 37.8 Å². The Morgan fingerprint density at radius 3 is 1.48 bits per heavy atom. The number of urea groups is 1. The molecule has 264 valence electrons. The molecule has 0 saturated carbocycles. The molecular formula is C37H63ClN2O5S. The lowest BCUT2D eigenvalue weighted by Gasteiger charge is -2.17. The van der Waals surface area contributed by atoms with Crippen LogP contribution in [0.4, 0.5) is 4.79 Å². The van der Waals surface area contributed by atoms with Crippen molar-refractivity contribution in [2.75, 3.05) is 6.54 Å². The standard InChI is InChI=1S/C37H63ClN2O5S/c1-5-8-10-12-14-16-17-19-21-23-25-27-33(42)35-30(4)34(46(44,45)40-37(43)39-28-7-3)29-31(36(35)38)32(41)26-24-22-20-18-15-13-11-9-6-2/h29H,5-28H2,1-4H3,(H2,39,40,43). The molecule has 0 aliphatic heterocycles. The summed E-state index contributed by atoms with van der Waals surface area (Å²) in [6.45, 7) is 8.12. The fourth-order valence-electron chi connectivity index (χ4n) is 5.80. The van der Waals surface area contributed by atoms with Crippen LogP contribution in [-0.4, -0.2) is 32.6 Å². The summed E-state index contributed by atoms with van der Waals surface area (Å²) in [5, 5.41) is 2.51. The van der Waals surface area contributed by atoms with Gasteiger partial charge in [0, 0.05) is 30.5 Å². The van der Waals surface area contributed by atoms with Crippen molar-refractivity contribution < 1.29 is 22.8 Å². The van der Waals surface area contributed by atoms with E-state index in [0.29, 0.717) is 25.8 Å². The average Bonchev–Trinajstić information content (AvgIpc) is 3.01. The van der Waals surface area contributed by atoms with Gasteiger partial charge in [0.15, 0.2) is 11.6 Å². The first-order valence-corrected chi connectivity index (χ1v) is 20.2. The SMILES string of the molecule is CCCCCCCCCCCCCC(=O)c1c(C)c(S(=O)(=O)NC(=O)NCCC)cc(C(=O)CCCCCCCCCCC)c1Cl. The Morgan fingerprint density at radius 2 is 1.04 bits per heavy atom. The smallest absolute Gasteiger partial charge is 0.328 e. The summed E-state index contributed by atoms with van der Waals surface area (Å²) in [6, 6.07) is 0.384. The molecule has 0 saturated heterocycles. The highest BCUT2D eigenvalue weighted by molar-refractivity contribution is 7.90. The van der Waals surface area contributed by atoms with Gasteiger partial charge >= 0.3 is 6.03 Å². The topological polar surface area (TPSA) is 109 Å². The molecule has 0 unspecified atom stereocenters. The Hall–Kier alpha value is -1.93. The van der Waals surface area contributed by atoms with Gasteiger partial charge < -0.3 is 5.32 Å². The fraction of sp³-hybridized carbons (Fsp3) is 0.757. The van der Waals surface area contributed by atoms with E-state index in [-0.39, 0.29) is 51.0 Å². The molecule has 1 rings (SSSR count). The summed E-state index contributed by atoms with van der Waals surface area (Å²) < 4.78 is 28.7. The molecule has 0 fully saturated rings. The van der Waals surface area contributed by atoms with Crippen LogP contribution in [0.15, 0.2) is 11.0 Å². The summed E-state index contributed by atoms with van der Waals surface area (Å²) in [7, 11) is -4.36. The molecule has 46 heavy (non-hydrogen) atoms. The van der Waals surface area contributed by atoms with E-state index in [4.69, 9.17) is 11.6 Å². The van der Waals surface area contributed by atoms with E-state index >= 15 is 0 Å². The zero-order valence-electron chi connectivity index (χ0n) is 29.4. The van der Waals surface area contributed by atoms with E-state index in [9.17, 15) is 22.8 Å². The minimum atomic E-state index is -4.36. The van der Waals surface area contributed by atoms with E-state index in [0.717, 1.165) is 38.5 Å². The van der Waals surface area contributed by atoms with Crippen LogP contribution in [0.25, 0.3) is 0 Å². The van der Waals surface area contributed by atoms with Crippen LogP contribution in [0.2, 0.25) is 5.02 Å². The van der Waals surface area contributed by atoms with Crippen molar-refractivity contribution >= 4 is 39.2 Å². The van der Waals surface area contributed by atoms with Crippen LogP contribution < -0.4 is 10.0 Å². The first-order valence-electron chi connectivity index (χ1n) is 18.3. The number of amides is 2. The lowest BCUT2D eigenvalue weighted by Crippen LogP contribution is -2.40. The number of rotatable bonds is 28. The maximum atomic E-state index is 13.5. The van der Waals surface area contributed by atoms with E-state index < -0.39 is 16.1 Å². The number of nitrogens with one attached hydrogen (secondary N) is 2. The van der Waals surface area contributed by atoms with Gasteiger partial charge in [-0.15, -0.1) is 0 Å². The second-order valence-electron chi connectivity index (χ2n) is 12.8.